The highest BCUT2D eigenvalue weighted by atomic mass is 16.5. The smallest absolute Gasteiger partial charge is 0.304 e. The number of para-hydroxylation sites is 2. The first-order chi connectivity index (χ1) is 10.7. The van der Waals surface area contributed by atoms with Crippen LogP contribution >= 0.6 is 0 Å². The number of likely N-dealkylation sites (N-methyl/N-ethyl adjacent to an activating group) is 1. The van der Waals surface area contributed by atoms with Crippen molar-refractivity contribution in [2.75, 3.05) is 19.1 Å². The fraction of sp³-hybridized carbons (Fsp3) is 0.176. The Morgan fingerprint density at radius 3 is 2.59 bits per heavy atom. The van der Waals surface area contributed by atoms with E-state index in [0.29, 0.717) is 11.6 Å². The number of amides is 1. The molecule has 3 aromatic rings. The lowest BCUT2D eigenvalue weighted by Gasteiger charge is -2.12. The summed E-state index contributed by atoms with van der Waals surface area (Å²) in [6.07, 6.45) is 0.277. The molecule has 5 heteroatoms. The number of carbonyl (C=O) groups excluding carboxylic acids is 1. The van der Waals surface area contributed by atoms with Crippen LogP contribution in [0.25, 0.3) is 11.1 Å². The van der Waals surface area contributed by atoms with Gasteiger partial charge in [-0.15, -0.1) is 0 Å². The second-order valence-electron chi connectivity index (χ2n) is 4.94. The number of carbonyl (C=O) groups is 1. The minimum atomic E-state index is -0.0864. The average Bonchev–Trinajstić information content (AvgIpc) is 2.98. The van der Waals surface area contributed by atoms with Gasteiger partial charge < -0.3 is 9.15 Å². The number of benzene rings is 2. The van der Waals surface area contributed by atoms with Gasteiger partial charge in [0, 0.05) is 7.05 Å². The molecule has 2 aromatic carbocycles. The Morgan fingerprint density at radius 2 is 1.91 bits per heavy atom. The number of nitrogens with zero attached hydrogens (tertiary/aromatic N) is 2. The Morgan fingerprint density at radius 1 is 1.18 bits per heavy atom. The van der Waals surface area contributed by atoms with Crippen molar-refractivity contribution in [1.29, 1.82) is 0 Å². The van der Waals surface area contributed by atoms with Crippen molar-refractivity contribution in [1.82, 2.24) is 4.98 Å². The largest absolute Gasteiger partial charge is 0.497 e. The van der Waals surface area contributed by atoms with Crippen molar-refractivity contribution in [3.8, 4) is 5.75 Å². The summed E-state index contributed by atoms with van der Waals surface area (Å²) >= 11 is 0. The van der Waals surface area contributed by atoms with Crippen molar-refractivity contribution < 1.29 is 13.9 Å². The fourth-order valence-electron chi connectivity index (χ4n) is 2.15. The molecule has 5 nitrogen and oxygen atoms in total. The molecule has 0 radical (unpaired) electrons. The zero-order chi connectivity index (χ0) is 15.5. The minimum absolute atomic E-state index is 0.0864. The number of methoxy groups -OCH3 is 1. The number of hydrogen-bond donors (Lipinski definition) is 0. The third-order valence-electron chi connectivity index (χ3n) is 3.46. The van der Waals surface area contributed by atoms with E-state index < -0.39 is 0 Å². The van der Waals surface area contributed by atoms with Crippen molar-refractivity contribution in [3.63, 3.8) is 0 Å². The molecular formula is C17H16N2O3. The van der Waals surface area contributed by atoms with Crippen LogP contribution in [-0.2, 0) is 11.2 Å². The summed E-state index contributed by atoms with van der Waals surface area (Å²) in [4.78, 5) is 18.1. The molecule has 0 bridgehead atoms. The lowest BCUT2D eigenvalue weighted by molar-refractivity contribution is -0.117. The predicted molar refractivity (Wildman–Crippen MR) is 84.1 cm³/mol. The van der Waals surface area contributed by atoms with Crippen LogP contribution < -0.4 is 9.64 Å². The van der Waals surface area contributed by atoms with Crippen molar-refractivity contribution in [2.45, 2.75) is 6.42 Å². The molecule has 0 saturated carbocycles. The summed E-state index contributed by atoms with van der Waals surface area (Å²) in [5, 5.41) is 0. The zero-order valence-corrected chi connectivity index (χ0v) is 12.4. The van der Waals surface area contributed by atoms with E-state index in [1.54, 1.807) is 14.2 Å². The maximum atomic E-state index is 12.3. The third-order valence-corrected chi connectivity index (χ3v) is 3.46. The predicted octanol–water partition coefficient (Wildman–Crippen LogP) is 3.04. The average molecular weight is 296 g/mol. The molecule has 3 rings (SSSR count). The van der Waals surface area contributed by atoms with Crippen LogP contribution in [0.3, 0.4) is 0 Å². The highest BCUT2D eigenvalue weighted by molar-refractivity contribution is 5.93. The Hall–Kier alpha value is -2.82. The number of oxazole rings is 1. The molecule has 0 aliphatic rings. The molecule has 0 atom stereocenters. The van der Waals surface area contributed by atoms with Crippen LogP contribution in [0.5, 0.6) is 5.75 Å². The quantitative estimate of drug-likeness (QED) is 0.742. The molecule has 0 N–H and O–H groups in total. The van der Waals surface area contributed by atoms with E-state index in [1.807, 2.05) is 48.5 Å². The topological polar surface area (TPSA) is 55.6 Å². The van der Waals surface area contributed by atoms with Crippen LogP contribution in [0.2, 0.25) is 0 Å². The molecule has 0 saturated heterocycles. The molecule has 1 aromatic heterocycles. The zero-order valence-electron chi connectivity index (χ0n) is 12.4. The van der Waals surface area contributed by atoms with Crippen LogP contribution in [0, 0.1) is 0 Å². The van der Waals surface area contributed by atoms with E-state index in [0.717, 1.165) is 16.8 Å². The molecule has 0 spiro atoms. The van der Waals surface area contributed by atoms with Crippen molar-refractivity contribution in [2.24, 2.45) is 0 Å². The number of fused-ring (bicyclic) bond motifs is 1. The minimum Gasteiger partial charge on any atom is -0.497 e. The van der Waals surface area contributed by atoms with Gasteiger partial charge in [-0.05, 0) is 29.8 Å². The molecule has 112 valence electrons. The van der Waals surface area contributed by atoms with Gasteiger partial charge in [0.15, 0.2) is 5.58 Å². The molecule has 1 heterocycles. The second kappa shape index (κ2) is 5.89. The first kappa shape index (κ1) is 14.1. The lowest BCUT2D eigenvalue weighted by Crippen LogP contribution is -2.28. The summed E-state index contributed by atoms with van der Waals surface area (Å²) in [5.41, 5.74) is 2.32. The van der Waals surface area contributed by atoms with E-state index in [9.17, 15) is 4.79 Å². The van der Waals surface area contributed by atoms with Crippen LogP contribution in [-0.4, -0.2) is 25.0 Å². The van der Waals surface area contributed by atoms with Gasteiger partial charge in [0.05, 0.1) is 13.5 Å². The molecule has 0 aliphatic heterocycles. The lowest BCUT2D eigenvalue weighted by atomic mass is 10.1. The standard InChI is InChI=1S/C17H16N2O3/c1-19(17-18-14-5-3-4-6-15(14)22-17)16(20)11-12-7-9-13(21-2)10-8-12/h3-10H,11H2,1-2H3. The monoisotopic (exact) mass is 296 g/mol. The SMILES string of the molecule is COc1ccc(CC(=O)N(C)c2nc3ccccc3o2)cc1. The highest BCUT2D eigenvalue weighted by Gasteiger charge is 2.17. The van der Waals surface area contributed by atoms with Crippen LogP contribution in [0.15, 0.2) is 52.9 Å². The number of anilines is 1. The molecule has 0 fully saturated rings. The summed E-state index contributed by atoms with van der Waals surface area (Å²) in [6.45, 7) is 0. The third kappa shape index (κ3) is 2.79. The number of ether oxygens (including phenoxy) is 1. The first-order valence-corrected chi connectivity index (χ1v) is 6.92. The summed E-state index contributed by atoms with van der Waals surface area (Å²) < 4.78 is 10.7. The van der Waals surface area contributed by atoms with Crippen LogP contribution in [0.1, 0.15) is 5.56 Å². The Labute approximate surface area is 128 Å². The van der Waals surface area contributed by atoms with Gasteiger partial charge in [-0.1, -0.05) is 24.3 Å². The Kier molecular flexibility index (Phi) is 3.78. The van der Waals surface area contributed by atoms with Gasteiger partial charge >= 0.3 is 6.01 Å². The highest BCUT2D eigenvalue weighted by Crippen LogP contribution is 2.21. The van der Waals surface area contributed by atoms with Gasteiger partial charge in [0.1, 0.15) is 11.3 Å². The van der Waals surface area contributed by atoms with E-state index in [-0.39, 0.29) is 12.3 Å². The number of rotatable bonds is 4. The number of hydrogen-bond acceptors (Lipinski definition) is 4. The molecule has 1 amide bonds. The molecule has 22 heavy (non-hydrogen) atoms. The van der Waals surface area contributed by atoms with Gasteiger partial charge in [-0.2, -0.15) is 4.98 Å². The van der Waals surface area contributed by atoms with E-state index in [4.69, 9.17) is 9.15 Å². The molecular weight excluding hydrogens is 280 g/mol. The van der Waals surface area contributed by atoms with E-state index in [1.165, 1.54) is 4.90 Å². The van der Waals surface area contributed by atoms with Crippen LogP contribution in [0.4, 0.5) is 6.01 Å². The molecule has 0 aliphatic carbocycles. The summed E-state index contributed by atoms with van der Waals surface area (Å²) in [7, 11) is 3.28. The summed E-state index contributed by atoms with van der Waals surface area (Å²) in [6, 6.07) is 15.2. The van der Waals surface area contributed by atoms with Gasteiger partial charge in [0.2, 0.25) is 5.91 Å². The van der Waals surface area contributed by atoms with E-state index >= 15 is 0 Å². The summed E-state index contributed by atoms with van der Waals surface area (Å²) in [5.74, 6) is 0.681. The van der Waals surface area contributed by atoms with Gasteiger partial charge in [-0.25, -0.2) is 0 Å². The van der Waals surface area contributed by atoms with Crippen molar-refractivity contribution in [3.05, 3.63) is 54.1 Å². The van der Waals surface area contributed by atoms with Gasteiger partial charge in [0.25, 0.3) is 0 Å². The second-order valence-corrected chi connectivity index (χ2v) is 4.94. The molecule has 0 unspecified atom stereocenters. The van der Waals surface area contributed by atoms with Crippen molar-refractivity contribution >= 4 is 23.0 Å². The fourth-order valence-corrected chi connectivity index (χ4v) is 2.15. The van der Waals surface area contributed by atoms with Gasteiger partial charge in [-0.3, -0.25) is 9.69 Å². The number of aromatic nitrogens is 1. The maximum absolute atomic E-state index is 12.3. The Bertz CT molecular complexity index is 760. The van der Waals surface area contributed by atoms with E-state index in [2.05, 4.69) is 4.98 Å². The normalized spacial score (nSPS) is 10.6. The first-order valence-electron chi connectivity index (χ1n) is 6.92. The Balaban J connectivity index is 1.75. The maximum Gasteiger partial charge on any atom is 0.304 e.